The van der Waals surface area contributed by atoms with Gasteiger partial charge in [-0.2, -0.15) is 5.10 Å². The zero-order chi connectivity index (χ0) is 19.2. The minimum atomic E-state index is -0.246. The lowest BCUT2D eigenvalue weighted by molar-refractivity contribution is -0.116. The number of para-hydroxylation sites is 2. The first kappa shape index (κ1) is 18.7. The minimum absolute atomic E-state index is 0.0466. The number of thioether (sulfide) groups is 1. The number of nitrogens with zero attached hydrogens (tertiary/aromatic N) is 3. The van der Waals surface area contributed by atoms with Gasteiger partial charge in [0.1, 0.15) is 0 Å². The molecular weight excluding hydrogens is 360 g/mol. The first-order valence-corrected chi connectivity index (χ1v) is 9.60. The van der Waals surface area contributed by atoms with Crippen LogP contribution in [-0.2, 0) is 4.79 Å². The number of amides is 2. The molecule has 1 heterocycles. The van der Waals surface area contributed by atoms with Crippen LogP contribution >= 0.6 is 11.8 Å². The maximum atomic E-state index is 12.9. The van der Waals surface area contributed by atoms with E-state index in [0.29, 0.717) is 11.3 Å². The van der Waals surface area contributed by atoms with Gasteiger partial charge in [0.25, 0.3) is 5.91 Å². The standard InChI is InChI=1S/C20H20N4O2S/c1-23(14-19(25)22-16-9-4-6-11-18(16)27-2)20(26)15-8-3-5-10-17(15)24-13-7-12-21-24/h3-13H,14H2,1-2H3,(H,22,25). The van der Waals surface area contributed by atoms with Crippen LogP contribution in [0, 0.1) is 0 Å². The lowest BCUT2D eigenvalue weighted by Gasteiger charge is -2.19. The fraction of sp³-hybridized carbons (Fsp3) is 0.150. The van der Waals surface area contributed by atoms with Crippen molar-refractivity contribution in [2.24, 2.45) is 0 Å². The minimum Gasteiger partial charge on any atom is -0.332 e. The van der Waals surface area contributed by atoms with Crippen molar-refractivity contribution in [1.82, 2.24) is 14.7 Å². The Balaban J connectivity index is 1.72. The van der Waals surface area contributed by atoms with Gasteiger partial charge < -0.3 is 10.2 Å². The summed E-state index contributed by atoms with van der Waals surface area (Å²) in [5.74, 6) is -0.488. The molecule has 0 aliphatic carbocycles. The third kappa shape index (κ3) is 4.38. The highest BCUT2D eigenvalue weighted by Gasteiger charge is 2.19. The number of hydrogen-bond acceptors (Lipinski definition) is 4. The number of carbonyl (C=O) groups is 2. The molecule has 0 saturated heterocycles. The summed E-state index contributed by atoms with van der Waals surface area (Å²) < 4.78 is 1.63. The van der Waals surface area contributed by atoms with Crippen LogP contribution in [0.4, 0.5) is 5.69 Å². The molecule has 0 radical (unpaired) electrons. The predicted molar refractivity (Wildman–Crippen MR) is 107 cm³/mol. The summed E-state index contributed by atoms with van der Waals surface area (Å²) in [5, 5.41) is 7.06. The fourth-order valence-electron chi connectivity index (χ4n) is 2.70. The Morgan fingerprint density at radius 3 is 2.59 bits per heavy atom. The van der Waals surface area contributed by atoms with E-state index in [1.54, 1.807) is 54.1 Å². The number of likely N-dealkylation sites (N-methyl/N-ethyl adjacent to an activating group) is 1. The Labute approximate surface area is 162 Å². The molecule has 3 aromatic rings. The summed E-state index contributed by atoms with van der Waals surface area (Å²) in [6, 6.07) is 16.6. The van der Waals surface area contributed by atoms with E-state index in [1.807, 2.05) is 42.7 Å². The van der Waals surface area contributed by atoms with Gasteiger partial charge in [-0.05, 0) is 36.6 Å². The monoisotopic (exact) mass is 380 g/mol. The molecule has 1 N–H and O–H groups in total. The largest absolute Gasteiger partial charge is 0.332 e. The summed E-state index contributed by atoms with van der Waals surface area (Å²) in [5.41, 5.74) is 1.90. The van der Waals surface area contributed by atoms with Crippen molar-refractivity contribution in [3.8, 4) is 5.69 Å². The molecule has 6 nitrogen and oxygen atoms in total. The van der Waals surface area contributed by atoms with E-state index in [1.165, 1.54) is 4.90 Å². The van der Waals surface area contributed by atoms with E-state index in [4.69, 9.17) is 0 Å². The van der Waals surface area contributed by atoms with Crippen molar-refractivity contribution < 1.29 is 9.59 Å². The predicted octanol–water partition coefficient (Wildman–Crippen LogP) is 3.30. The van der Waals surface area contributed by atoms with Crippen molar-refractivity contribution in [2.45, 2.75) is 4.90 Å². The molecule has 3 rings (SSSR count). The van der Waals surface area contributed by atoms with Crippen LogP contribution in [0.25, 0.3) is 5.69 Å². The summed E-state index contributed by atoms with van der Waals surface area (Å²) >= 11 is 1.55. The lowest BCUT2D eigenvalue weighted by Crippen LogP contribution is -2.35. The zero-order valence-electron chi connectivity index (χ0n) is 15.1. The van der Waals surface area contributed by atoms with Crippen LogP contribution in [0.2, 0.25) is 0 Å². The van der Waals surface area contributed by atoms with Crippen molar-refractivity contribution in [3.05, 3.63) is 72.6 Å². The van der Waals surface area contributed by atoms with E-state index in [2.05, 4.69) is 10.4 Å². The molecule has 0 atom stereocenters. The first-order valence-electron chi connectivity index (χ1n) is 8.37. The van der Waals surface area contributed by atoms with E-state index in [-0.39, 0.29) is 18.4 Å². The van der Waals surface area contributed by atoms with E-state index in [0.717, 1.165) is 10.6 Å². The maximum Gasteiger partial charge on any atom is 0.256 e. The van der Waals surface area contributed by atoms with Crippen molar-refractivity contribution in [3.63, 3.8) is 0 Å². The molecule has 0 saturated carbocycles. The smallest absolute Gasteiger partial charge is 0.256 e. The van der Waals surface area contributed by atoms with Gasteiger partial charge in [-0.15, -0.1) is 11.8 Å². The highest BCUT2D eigenvalue weighted by Crippen LogP contribution is 2.24. The number of carbonyl (C=O) groups excluding carboxylic acids is 2. The first-order chi connectivity index (χ1) is 13.1. The molecule has 1 aromatic heterocycles. The van der Waals surface area contributed by atoms with Crippen LogP contribution < -0.4 is 5.32 Å². The summed E-state index contributed by atoms with van der Waals surface area (Å²) in [6.07, 6.45) is 5.38. The fourth-order valence-corrected chi connectivity index (χ4v) is 3.25. The lowest BCUT2D eigenvalue weighted by atomic mass is 10.1. The van der Waals surface area contributed by atoms with Crippen LogP contribution in [-0.4, -0.2) is 46.3 Å². The Hall–Kier alpha value is -3.06. The van der Waals surface area contributed by atoms with Crippen molar-refractivity contribution in [1.29, 1.82) is 0 Å². The Morgan fingerprint density at radius 1 is 1.11 bits per heavy atom. The van der Waals surface area contributed by atoms with Gasteiger partial charge in [0.2, 0.25) is 5.91 Å². The Bertz CT molecular complexity index is 941. The highest BCUT2D eigenvalue weighted by atomic mass is 32.2. The molecule has 0 aliphatic rings. The maximum absolute atomic E-state index is 12.9. The van der Waals surface area contributed by atoms with E-state index in [9.17, 15) is 9.59 Å². The summed E-state index contributed by atoms with van der Waals surface area (Å²) in [4.78, 5) is 27.7. The van der Waals surface area contributed by atoms with Crippen molar-refractivity contribution in [2.75, 3.05) is 25.2 Å². The Kier molecular flexibility index (Phi) is 5.93. The molecule has 27 heavy (non-hydrogen) atoms. The second-order valence-corrected chi connectivity index (χ2v) is 6.73. The second-order valence-electron chi connectivity index (χ2n) is 5.88. The van der Waals surface area contributed by atoms with Gasteiger partial charge in [-0.3, -0.25) is 9.59 Å². The number of aromatic nitrogens is 2. The average molecular weight is 380 g/mol. The number of anilines is 1. The normalized spacial score (nSPS) is 10.4. The van der Waals surface area contributed by atoms with Crippen molar-refractivity contribution >= 4 is 29.3 Å². The third-order valence-corrected chi connectivity index (χ3v) is 4.79. The average Bonchev–Trinajstić information content (AvgIpc) is 3.22. The molecule has 138 valence electrons. The van der Waals surface area contributed by atoms with Gasteiger partial charge in [-0.25, -0.2) is 4.68 Å². The molecule has 2 aromatic carbocycles. The Morgan fingerprint density at radius 2 is 1.85 bits per heavy atom. The number of nitrogens with one attached hydrogen (secondary N) is 1. The molecule has 0 bridgehead atoms. The molecule has 0 spiro atoms. The van der Waals surface area contributed by atoms with Crippen LogP contribution in [0.3, 0.4) is 0 Å². The molecule has 0 fully saturated rings. The number of rotatable bonds is 6. The molecular formula is C20H20N4O2S. The molecule has 2 amide bonds. The second kappa shape index (κ2) is 8.55. The summed E-state index contributed by atoms with van der Waals surface area (Å²) in [6.45, 7) is -0.0466. The van der Waals surface area contributed by atoms with Gasteiger partial charge in [0.05, 0.1) is 23.5 Å². The van der Waals surface area contributed by atoms with Crippen LogP contribution in [0.15, 0.2) is 71.9 Å². The zero-order valence-corrected chi connectivity index (χ0v) is 15.9. The van der Waals surface area contributed by atoms with E-state index >= 15 is 0 Å². The molecule has 0 unspecified atom stereocenters. The van der Waals surface area contributed by atoms with Crippen LogP contribution in [0.1, 0.15) is 10.4 Å². The van der Waals surface area contributed by atoms with Gasteiger partial charge >= 0.3 is 0 Å². The van der Waals surface area contributed by atoms with Crippen LogP contribution in [0.5, 0.6) is 0 Å². The number of benzene rings is 2. The van der Waals surface area contributed by atoms with Gasteiger partial charge in [0, 0.05) is 24.3 Å². The van der Waals surface area contributed by atoms with E-state index < -0.39 is 0 Å². The summed E-state index contributed by atoms with van der Waals surface area (Å²) in [7, 11) is 1.61. The topological polar surface area (TPSA) is 67.2 Å². The van der Waals surface area contributed by atoms with Gasteiger partial charge in [-0.1, -0.05) is 24.3 Å². The number of hydrogen-bond donors (Lipinski definition) is 1. The third-order valence-electron chi connectivity index (χ3n) is 3.99. The molecule has 0 aliphatic heterocycles. The van der Waals surface area contributed by atoms with Gasteiger partial charge in [0.15, 0.2) is 0 Å². The SMILES string of the molecule is CSc1ccccc1NC(=O)CN(C)C(=O)c1ccccc1-n1cccn1. The highest BCUT2D eigenvalue weighted by molar-refractivity contribution is 7.98. The molecule has 7 heteroatoms. The quantitative estimate of drug-likeness (QED) is 0.666.